The molecule has 1 aliphatic rings. The summed E-state index contributed by atoms with van der Waals surface area (Å²) in [6, 6.07) is 7.19. The molecule has 2 N–H and O–H groups in total. The number of nitrogens with one attached hydrogen (secondary N) is 2. The largest absolute Gasteiger partial charge is 0.339 e. The van der Waals surface area contributed by atoms with E-state index < -0.39 is 0 Å². The van der Waals surface area contributed by atoms with Gasteiger partial charge in [-0.1, -0.05) is 6.07 Å². The van der Waals surface area contributed by atoms with Gasteiger partial charge in [-0.2, -0.15) is 0 Å². The Kier molecular flexibility index (Phi) is 5.95. The summed E-state index contributed by atoms with van der Waals surface area (Å²) in [5.74, 6) is 0.0379. The van der Waals surface area contributed by atoms with Crippen LogP contribution in [0.1, 0.15) is 37.0 Å². The Morgan fingerprint density at radius 2 is 2.09 bits per heavy atom. The highest BCUT2D eigenvalue weighted by molar-refractivity contribution is 5.97. The minimum absolute atomic E-state index is 0.000400. The number of carbonyl (C=O) groups excluding carboxylic acids is 2. The molecule has 0 bridgehead atoms. The second kappa shape index (κ2) is 7.94. The van der Waals surface area contributed by atoms with Gasteiger partial charge in [0.15, 0.2) is 0 Å². The van der Waals surface area contributed by atoms with E-state index in [2.05, 4.69) is 10.6 Å². The van der Waals surface area contributed by atoms with E-state index in [0.717, 1.165) is 25.9 Å². The van der Waals surface area contributed by atoms with Crippen molar-refractivity contribution in [3.05, 3.63) is 29.8 Å². The third-order valence-electron chi connectivity index (χ3n) is 4.10. The number of carbonyl (C=O) groups is 2. The van der Waals surface area contributed by atoms with Crippen molar-refractivity contribution in [2.45, 2.75) is 26.7 Å². The normalized spacial score (nSPS) is 17.8. The van der Waals surface area contributed by atoms with Gasteiger partial charge in [0.25, 0.3) is 5.91 Å². The molecule has 0 aliphatic carbocycles. The van der Waals surface area contributed by atoms with Crippen LogP contribution in [0.3, 0.4) is 0 Å². The average Bonchev–Trinajstić information content (AvgIpc) is 2.57. The lowest BCUT2D eigenvalue weighted by atomic mass is 9.98. The van der Waals surface area contributed by atoms with Crippen molar-refractivity contribution in [1.29, 1.82) is 0 Å². The second-order valence-corrected chi connectivity index (χ2v) is 5.59. The summed E-state index contributed by atoms with van der Waals surface area (Å²) in [6.45, 7) is 6.99. The monoisotopic (exact) mass is 303 g/mol. The second-order valence-electron chi connectivity index (χ2n) is 5.59. The predicted molar refractivity (Wildman–Crippen MR) is 87.9 cm³/mol. The molecule has 22 heavy (non-hydrogen) atoms. The van der Waals surface area contributed by atoms with Gasteiger partial charge in [0.05, 0.1) is 5.92 Å². The van der Waals surface area contributed by atoms with Gasteiger partial charge in [-0.25, -0.2) is 0 Å². The van der Waals surface area contributed by atoms with Crippen LogP contribution in [-0.4, -0.2) is 42.9 Å². The highest BCUT2D eigenvalue weighted by atomic mass is 16.2. The number of rotatable bonds is 5. The van der Waals surface area contributed by atoms with Crippen molar-refractivity contribution in [1.82, 2.24) is 10.2 Å². The van der Waals surface area contributed by atoms with Gasteiger partial charge in [-0.05, 0) is 51.4 Å². The van der Waals surface area contributed by atoms with Gasteiger partial charge >= 0.3 is 0 Å². The molecule has 0 aromatic heterocycles. The fourth-order valence-corrected chi connectivity index (χ4v) is 2.74. The van der Waals surface area contributed by atoms with Crippen LogP contribution in [0.5, 0.6) is 0 Å². The third kappa shape index (κ3) is 4.07. The predicted octanol–water partition coefficient (Wildman–Crippen LogP) is 2.11. The lowest BCUT2D eigenvalue weighted by Crippen LogP contribution is -2.37. The molecular weight excluding hydrogens is 278 g/mol. The van der Waals surface area contributed by atoms with Gasteiger partial charge in [-0.15, -0.1) is 0 Å². The van der Waals surface area contributed by atoms with Gasteiger partial charge in [0, 0.05) is 30.9 Å². The van der Waals surface area contributed by atoms with Gasteiger partial charge in [0.1, 0.15) is 0 Å². The Morgan fingerprint density at radius 3 is 2.73 bits per heavy atom. The zero-order valence-electron chi connectivity index (χ0n) is 13.4. The van der Waals surface area contributed by atoms with Crippen molar-refractivity contribution in [3.8, 4) is 0 Å². The molecule has 2 amide bonds. The standard InChI is InChI=1S/C17H25N3O2/c1-3-20(4-2)17(22)13-7-5-9-15(11-13)19-16(21)14-8-6-10-18-12-14/h5,7,9,11,14,18H,3-4,6,8,10,12H2,1-2H3,(H,19,21). The molecule has 2 rings (SSSR count). The Morgan fingerprint density at radius 1 is 1.32 bits per heavy atom. The molecule has 1 heterocycles. The lowest BCUT2D eigenvalue weighted by Gasteiger charge is -2.22. The molecule has 1 saturated heterocycles. The highest BCUT2D eigenvalue weighted by Crippen LogP contribution is 2.16. The van der Waals surface area contributed by atoms with Gasteiger partial charge in [0.2, 0.25) is 5.91 Å². The van der Waals surface area contributed by atoms with Crippen LogP contribution in [0, 0.1) is 5.92 Å². The molecule has 1 fully saturated rings. The maximum absolute atomic E-state index is 12.3. The Hall–Kier alpha value is -1.88. The van der Waals surface area contributed by atoms with Crippen molar-refractivity contribution in [2.75, 3.05) is 31.5 Å². The molecule has 120 valence electrons. The van der Waals surface area contributed by atoms with E-state index in [4.69, 9.17) is 0 Å². The van der Waals surface area contributed by atoms with Crippen molar-refractivity contribution in [2.24, 2.45) is 5.92 Å². The summed E-state index contributed by atoms with van der Waals surface area (Å²) < 4.78 is 0. The molecule has 1 aliphatic heterocycles. The van der Waals surface area contributed by atoms with Crippen LogP contribution in [0.15, 0.2) is 24.3 Å². The van der Waals surface area contributed by atoms with E-state index >= 15 is 0 Å². The molecular formula is C17H25N3O2. The maximum atomic E-state index is 12.3. The van der Waals surface area contributed by atoms with Crippen LogP contribution in [0.25, 0.3) is 0 Å². The van der Waals surface area contributed by atoms with Crippen LogP contribution in [-0.2, 0) is 4.79 Å². The van der Waals surface area contributed by atoms with Crippen LogP contribution in [0.4, 0.5) is 5.69 Å². The molecule has 0 radical (unpaired) electrons. The lowest BCUT2D eigenvalue weighted by molar-refractivity contribution is -0.120. The third-order valence-corrected chi connectivity index (χ3v) is 4.10. The Labute approximate surface area is 132 Å². The summed E-state index contributed by atoms with van der Waals surface area (Å²) >= 11 is 0. The first-order chi connectivity index (χ1) is 10.7. The van der Waals surface area contributed by atoms with Crippen LogP contribution in [0.2, 0.25) is 0 Å². The quantitative estimate of drug-likeness (QED) is 0.876. The summed E-state index contributed by atoms with van der Waals surface area (Å²) in [7, 11) is 0. The topological polar surface area (TPSA) is 61.4 Å². The van der Waals surface area contributed by atoms with Gasteiger partial charge < -0.3 is 15.5 Å². The molecule has 5 heteroatoms. The SMILES string of the molecule is CCN(CC)C(=O)c1cccc(NC(=O)C2CCCNC2)c1. The fraction of sp³-hybridized carbons (Fsp3) is 0.529. The summed E-state index contributed by atoms with van der Waals surface area (Å²) in [5.41, 5.74) is 1.30. The molecule has 1 atom stereocenters. The van der Waals surface area contributed by atoms with E-state index in [9.17, 15) is 9.59 Å². The highest BCUT2D eigenvalue weighted by Gasteiger charge is 2.21. The zero-order chi connectivity index (χ0) is 15.9. The molecule has 1 aromatic carbocycles. The first-order valence-electron chi connectivity index (χ1n) is 8.06. The molecule has 1 aromatic rings. The van der Waals surface area contributed by atoms with Gasteiger partial charge in [-0.3, -0.25) is 9.59 Å². The first kappa shape index (κ1) is 16.5. The van der Waals surface area contributed by atoms with E-state index in [1.807, 2.05) is 26.0 Å². The van der Waals surface area contributed by atoms with E-state index in [1.54, 1.807) is 17.0 Å². The minimum Gasteiger partial charge on any atom is -0.339 e. The van der Waals surface area contributed by atoms with E-state index in [1.165, 1.54) is 0 Å². The number of benzene rings is 1. The fourth-order valence-electron chi connectivity index (χ4n) is 2.74. The molecule has 5 nitrogen and oxygen atoms in total. The number of piperidine rings is 1. The number of hydrogen-bond acceptors (Lipinski definition) is 3. The number of anilines is 1. The summed E-state index contributed by atoms with van der Waals surface area (Å²) in [5, 5.41) is 6.17. The van der Waals surface area contributed by atoms with E-state index in [0.29, 0.717) is 24.3 Å². The van der Waals surface area contributed by atoms with Crippen molar-refractivity contribution in [3.63, 3.8) is 0 Å². The smallest absolute Gasteiger partial charge is 0.253 e. The first-order valence-corrected chi connectivity index (χ1v) is 8.06. The van der Waals surface area contributed by atoms with E-state index in [-0.39, 0.29) is 17.7 Å². The number of hydrogen-bond donors (Lipinski definition) is 2. The molecule has 0 spiro atoms. The zero-order valence-corrected chi connectivity index (χ0v) is 13.4. The van der Waals surface area contributed by atoms with Crippen LogP contribution >= 0.6 is 0 Å². The maximum Gasteiger partial charge on any atom is 0.253 e. The Balaban J connectivity index is 2.04. The Bertz CT molecular complexity index is 520. The number of amides is 2. The van der Waals surface area contributed by atoms with Crippen molar-refractivity contribution >= 4 is 17.5 Å². The molecule has 0 saturated carbocycles. The summed E-state index contributed by atoms with van der Waals surface area (Å²) in [6.07, 6.45) is 1.94. The minimum atomic E-state index is 0.000400. The van der Waals surface area contributed by atoms with Crippen LogP contribution < -0.4 is 10.6 Å². The average molecular weight is 303 g/mol. The molecule has 1 unspecified atom stereocenters. The van der Waals surface area contributed by atoms with Crippen molar-refractivity contribution < 1.29 is 9.59 Å². The summed E-state index contributed by atoms with van der Waals surface area (Å²) in [4.78, 5) is 26.4. The number of nitrogens with zero attached hydrogens (tertiary/aromatic N) is 1.